The molecule has 1 aromatic carbocycles. The van der Waals surface area contributed by atoms with Crippen molar-refractivity contribution in [1.82, 2.24) is 4.98 Å². The maximum atomic E-state index is 5.64. The normalized spacial score (nSPS) is 10.4. The van der Waals surface area contributed by atoms with Crippen LogP contribution in [0, 0.1) is 0 Å². The molecule has 4 nitrogen and oxygen atoms in total. The third-order valence-electron chi connectivity index (χ3n) is 2.35. The van der Waals surface area contributed by atoms with Crippen molar-refractivity contribution in [3.8, 4) is 5.75 Å². The van der Waals surface area contributed by atoms with E-state index in [2.05, 4.69) is 17.3 Å². The van der Waals surface area contributed by atoms with E-state index in [1.807, 2.05) is 24.3 Å². The van der Waals surface area contributed by atoms with Crippen LogP contribution in [-0.2, 0) is 0 Å². The minimum Gasteiger partial charge on any atom is -0.491 e. The maximum absolute atomic E-state index is 5.64. The number of hydrazine groups is 1. The lowest BCUT2D eigenvalue weighted by Crippen LogP contribution is -2.07. The van der Waals surface area contributed by atoms with Crippen LogP contribution in [-0.4, -0.2) is 11.6 Å². The molecule has 0 atom stereocenters. The number of para-hydroxylation sites is 1. The second-order valence-electron chi connectivity index (χ2n) is 3.50. The summed E-state index contributed by atoms with van der Waals surface area (Å²) in [5.74, 6) is 6.25. The largest absolute Gasteiger partial charge is 0.491 e. The average molecular weight is 217 g/mol. The zero-order valence-electron chi connectivity index (χ0n) is 9.23. The standard InChI is InChI=1S/C12H15N3O/c1-2-8-16-11-5-3-4-9-10(15-13)6-7-14-12(9)11/h3-7H,2,8,13H2,1H3,(H,14,15). The minimum absolute atomic E-state index is 0.696. The highest BCUT2D eigenvalue weighted by Crippen LogP contribution is 2.28. The molecule has 2 rings (SSSR count). The van der Waals surface area contributed by atoms with Gasteiger partial charge in [-0.1, -0.05) is 19.1 Å². The van der Waals surface area contributed by atoms with E-state index in [9.17, 15) is 0 Å². The first-order valence-electron chi connectivity index (χ1n) is 5.34. The average Bonchev–Trinajstić information content (AvgIpc) is 2.35. The van der Waals surface area contributed by atoms with Crippen molar-refractivity contribution < 1.29 is 4.74 Å². The lowest BCUT2D eigenvalue weighted by atomic mass is 10.2. The third-order valence-corrected chi connectivity index (χ3v) is 2.35. The number of hydrogen-bond donors (Lipinski definition) is 2. The Morgan fingerprint density at radius 2 is 2.25 bits per heavy atom. The van der Waals surface area contributed by atoms with Gasteiger partial charge in [-0.05, 0) is 18.6 Å². The fourth-order valence-corrected chi connectivity index (χ4v) is 1.60. The minimum atomic E-state index is 0.696. The second-order valence-corrected chi connectivity index (χ2v) is 3.50. The van der Waals surface area contributed by atoms with Crippen LogP contribution in [0.4, 0.5) is 5.69 Å². The first-order valence-corrected chi connectivity index (χ1v) is 5.34. The molecule has 0 aliphatic heterocycles. The molecule has 0 bridgehead atoms. The van der Waals surface area contributed by atoms with E-state index in [4.69, 9.17) is 10.6 Å². The highest BCUT2D eigenvalue weighted by Gasteiger charge is 2.05. The van der Waals surface area contributed by atoms with Gasteiger partial charge in [0.15, 0.2) is 0 Å². The molecular weight excluding hydrogens is 202 g/mol. The topological polar surface area (TPSA) is 60.2 Å². The van der Waals surface area contributed by atoms with Gasteiger partial charge in [0.1, 0.15) is 11.3 Å². The van der Waals surface area contributed by atoms with Crippen molar-refractivity contribution in [1.29, 1.82) is 0 Å². The van der Waals surface area contributed by atoms with Crippen molar-refractivity contribution in [2.75, 3.05) is 12.0 Å². The van der Waals surface area contributed by atoms with Gasteiger partial charge in [-0.2, -0.15) is 0 Å². The number of nitrogens with one attached hydrogen (secondary N) is 1. The van der Waals surface area contributed by atoms with Crippen LogP contribution >= 0.6 is 0 Å². The van der Waals surface area contributed by atoms with Gasteiger partial charge in [-0.3, -0.25) is 10.8 Å². The van der Waals surface area contributed by atoms with Gasteiger partial charge in [0.2, 0.25) is 0 Å². The smallest absolute Gasteiger partial charge is 0.145 e. The highest BCUT2D eigenvalue weighted by molar-refractivity contribution is 5.94. The van der Waals surface area contributed by atoms with Crippen LogP contribution in [0.3, 0.4) is 0 Å². The second kappa shape index (κ2) is 4.81. The molecule has 0 fully saturated rings. The van der Waals surface area contributed by atoms with Crippen LogP contribution in [0.1, 0.15) is 13.3 Å². The van der Waals surface area contributed by atoms with E-state index < -0.39 is 0 Å². The molecule has 4 heteroatoms. The van der Waals surface area contributed by atoms with Gasteiger partial charge >= 0.3 is 0 Å². The maximum Gasteiger partial charge on any atom is 0.145 e. The number of benzene rings is 1. The molecule has 2 aromatic rings. The molecule has 84 valence electrons. The Morgan fingerprint density at radius 3 is 3.00 bits per heavy atom. The Morgan fingerprint density at radius 1 is 1.38 bits per heavy atom. The summed E-state index contributed by atoms with van der Waals surface area (Å²) in [6.45, 7) is 2.77. The first-order chi connectivity index (χ1) is 7.86. The zero-order chi connectivity index (χ0) is 11.4. The van der Waals surface area contributed by atoms with Gasteiger partial charge in [0.25, 0.3) is 0 Å². The summed E-state index contributed by atoms with van der Waals surface area (Å²) >= 11 is 0. The van der Waals surface area contributed by atoms with Crippen LogP contribution in [0.2, 0.25) is 0 Å². The Hall–Kier alpha value is -1.81. The number of nitrogens with two attached hydrogens (primary N) is 1. The fraction of sp³-hybridized carbons (Fsp3) is 0.250. The molecule has 0 saturated carbocycles. The van der Waals surface area contributed by atoms with Crippen molar-refractivity contribution in [2.45, 2.75) is 13.3 Å². The Labute approximate surface area is 94.4 Å². The van der Waals surface area contributed by atoms with Crippen LogP contribution in [0.25, 0.3) is 10.9 Å². The molecule has 1 aromatic heterocycles. The summed E-state index contributed by atoms with van der Waals surface area (Å²) in [5, 5.41) is 0.971. The molecule has 0 unspecified atom stereocenters. The number of ether oxygens (including phenoxy) is 1. The summed E-state index contributed by atoms with van der Waals surface area (Å²) in [6.07, 6.45) is 2.70. The Bertz CT molecular complexity index is 485. The quantitative estimate of drug-likeness (QED) is 0.609. The summed E-state index contributed by atoms with van der Waals surface area (Å²) in [4.78, 5) is 4.32. The number of aromatic nitrogens is 1. The van der Waals surface area contributed by atoms with E-state index >= 15 is 0 Å². The van der Waals surface area contributed by atoms with Gasteiger partial charge in [0, 0.05) is 11.6 Å². The summed E-state index contributed by atoms with van der Waals surface area (Å²) < 4.78 is 5.64. The van der Waals surface area contributed by atoms with Gasteiger partial charge < -0.3 is 10.2 Å². The molecule has 0 aliphatic carbocycles. The lowest BCUT2D eigenvalue weighted by molar-refractivity contribution is 0.320. The van der Waals surface area contributed by atoms with E-state index in [1.54, 1.807) is 6.20 Å². The molecule has 3 N–H and O–H groups in total. The van der Waals surface area contributed by atoms with E-state index in [1.165, 1.54) is 0 Å². The predicted octanol–water partition coefficient (Wildman–Crippen LogP) is 2.31. The Balaban J connectivity index is 2.51. The van der Waals surface area contributed by atoms with E-state index in [-0.39, 0.29) is 0 Å². The van der Waals surface area contributed by atoms with Crippen molar-refractivity contribution in [2.24, 2.45) is 5.84 Å². The Kier molecular flexibility index (Phi) is 3.22. The number of nitrogen functional groups attached to an aromatic ring is 1. The molecule has 0 amide bonds. The SMILES string of the molecule is CCCOc1cccc2c(NN)ccnc12. The lowest BCUT2D eigenvalue weighted by Gasteiger charge is -2.09. The number of fused-ring (bicyclic) bond motifs is 1. The molecule has 16 heavy (non-hydrogen) atoms. The van der Waals surface area contributed by atoms with Gasteiger partial charge in [-0.25, -0.2) is 0 Å². The van der Waals surface area contributed by atoms with Crippen molar-refractivity contribution >= 4 is 16.6 Å². The number of pyridine rings is 1. The van der Waals surface area contributed by atoms with Crippen molar-refractivity contribution in [3.63, 3.8) is 0 Å². The number of nitrogens with zero attached hydrogens (tertiary/aromatic N) is 1. The molecule has 1 heterocycles. The van der Waals surface area contributed by atoms with Crippen LogP contribution in [0.15, 0.2) is 30.5 Å². The third kappa shape index (κ3) is 1.92. The monoisotopic (exact) mass is 217 g/mol. The molecule has 0 spiro atoms. The summed E-state index contributed by atoms with van der Waals surface area (Å²) in [7, 11) is 0. The predicted molar refractivity (Wildman–Crippen MR) is 65.3 cm³/mol. The van der Waals surface area contributed by atoms with Crippen LogP contribution < -0.4 is 16.0 Å². The number of hydrogen-bond acceptors (Lipinski definition) is 4. The van der Waals surface area contributed by atoms with Crippen molar-refractivity contribution in [3.05, 3.63) is 30.5 Å². The summed E-state index contributed by atoms with van der Waals surface area (Å²) in [6, 6.07) is 7.67. The number of rotatable bonds is 4. The van der Waals surface area contributed by atoms with Crippen LogP contribution in [0.5, 0.6) is 5.75 Å². The fourth-order valence-electron chi connectivity index (χ4n) is 1.60. The highest BCUT2D eigenvalue weighted by atomic mass is 16.5. The number of anilines is 1. The molecule has 0 radical (unpaired) electrons. The van der Waals surface area contributed by atoms with E-state index in [0.717, 1.165) is 28.8 Å². The molecular formula is C12H15N3O. The molecule has 0 saturated heterocycles. The molecule has 0 aliphatic rings. The van der Waals surface area contributed by atoms with Gasteiger partial charge in [-0.15, -0.1) is 0 Å². The first kappa shape index (κ1) is 10.7. The summed E-state index contributed by atoms with van der Waals surface area (Å²) in [5.41, 5.74) is 4.35. The zero-order valence-corrected chi connectivity index (χ0v) is 9.23. The van der Waals surface area contributed by atoms with E-state index in [0.29, 0.717) is 6.61 Å². The van der Waals surface area contributed by atoms with Gasteiger partial charge in [0.05, 0.1) is 12.3 Å².